The molecule has 0 heterocycles. The van der Waals surface area contributed by atoms with Crippen molar-refractivity contribution >= 4 is 0 Å². The van der Waals surface area contributed by atoms with Crippen molar-refractivity contribution in [1.82, 2.24) is 10.2 Å². The molecular weight excluding hydrogens is 227 g/mol. The quantitative estimate of drug-likeness (QED) is 0.800. The molecule has 2 nitrogen and oxygen atoms in total. The van der Waals surface area contributed by atoms with Gasteiger partial charge < -0.3 is 5.32 Å². The summed E-state index contributed by atoms with van der Waals surface area (Å²) in [6.45, 7) is 4.80. The van der Waals surface area contributed by atoms with Gasteiger partial charge in [-0.3, -0.25) is 4.90 Å². The van der Waals surface area contributed by atoms with Gasteiger partial charge >= 0.3 is 0 Å². The summed E-state index contributed by atoms with van der Waals surface area (Å²) < 4.78 is 13.8. The van der Waals surface area contributed by atoms with Crippen LogP contribution < -0.4 is 5.32 Å². The van der Waals surface area contributed by atoms with E-state index in [2.05, 4.69) is 17.1 Å². The molecule has 1 aliphatic carbocycles. The van der Waals surface area contributed by atoms with E-state index in [-0.39, 0.29) is 5.82 Å². The monoisotopic (exact) mass is 250 g/mol. The summed E-state index contributed by atoms with van der Waals surface area (Å²) in [5.41, 5.74) is 1.99. The summed E-state index contributed by atoms with van der Waals surface area (Å²) in [7, 11) is 1.91. The lowest BCUT2D eigenvalue weighted by Crippen LogP contribution is -2.27. The van der Waals surface area contributed by atoms with E-state index in [0.717, 1.165) is 37.2 Å². The van der Waals surface area contributed by atoms with Gasteiger partial charge in [-0.05, 0) is 44.5 Å². The molecule has 0 aromatic heterocycles. The lowest BCUT2D eigenvalue weighted by atomic mass is 10.1. The van der Waals surface area contributed by atoms with Crippen LogP contribution in [0, 0.1) is 5.82 Å². The molecule has 0 aliphatic heterocycles. The Labute approximate surface area is 109 Å². The Bertz CT molecular complexity index is 388. The lowest BCUT2D eigenvalue weighted by molar-refractivity contribution is 0.251. The summed E-state index contributed by atoms with van der Waals surface area (Å²) >= 11 is 0. The van der Waals surface area contributed by atoms with E-state index in [1.807, 2.05) is 19.2 Å². The highest BCUT2D eigenvalue weighted by atomic mass is 19.1. The fourth-order valence-corrected chi connectivity index (χ4v) is 2.40. The van der Waals surface area contributed by atoms with Gasteiger partial charge in [0.15, 0.2) is 0 Å². The fraction of sp³-hybridized carbons (Fsp3) is 0.600. The summed E-state index contributed by atoms with van der Waals surface area (Å²) in [6.07, 6.45) is 3.68. The second kappa shape index (κ2) is 6.30. The molecule has 100 valence electrons. The molecule has 18 heavy (non-hydrogen) atoms. The Kier molecular flexibility index (Phi) is 4.72. The van der Waals surface area contributed by atoms with Crippen LogP contribution in [-0.4, -0.2) is 24.5 Å². The fourth-order valence-electron chi connectivity index (χ4n) is 2.40. The van der Waals surface area contributed by atoms with Gasteiger partial charge in [-0.15, -0.1) is 0 Å². The standard InChI is InChI=1S/C15H23FN2/c1-3-8-18(14-5-6-14)11-13-9-12(10-17-2)4-7-15(13)16/h4,7,9,14,17H,3,5-6,8,10-11H2,1-2H3. The van der Waals surface area contributed by atoms with E-state index in [0.29, 0.717) is 6.04 Å². The molecule has 3 heteroatoms. The molecule has 0 spiro atoms. The van der Waals surface area contributed by atoms with Gasteiger partial charge in [0.1, 0.15) is 5.82 Å². The van der Waals surface area contributed by atoms with Gasteiger partial charge in [0.2, 0.25) is 0 Å². The molecule has 1 aliphatic rings. The highest BCUT2D eigenvalue weighted by Crippen LogP contribution is 2.29. The number of nitrogens with one attached hydrogen (secondary N) is 1. The molecule has 2 rings (SSSR count). The summed E-state index contributed by atoms with van der Waals surface area (Å²) in [4.78, 5) is 2.42. The molecule has 1 fully saturated rings. The van der Waals surface area contributed by atoms with E-state index in [1.54, 1.807) is 6.07 Å². The highest BCUT2D eigenvalue weighted by molar-refractivity contribution is 5.25. The average molecular weight is 250 g/mol. The first-order valence-electron chi connectivity index (χ1n) is 6.90. The van der Waals surface area contributed by atoms with Crippen LogP contribution >= 0.6 is 0 Å². The number of rotatable bonds is 7. The van der Waals surface area contributed by atoms with E-state index >= 15 is 0 Å². The van der Waals surface area contributed by atoms with E-state index < -0.39 is 0 Å². The van der Waals surface area contributed by atoms with Crippen molar-refractivity contribution in [3.63, 3.8) is 0 Å². The first kappa shape index (κ1) is 13.5. The maximum atomic E-state index is 13.8. The molecular formula is C15H23FN2. The van der Waals surface area contributed by atoms with Crippen molar-refractivity contribution in [2.24, 2.45) is 0 Å². The summed E-state index contributed by atoms with van der Waals surface area (Å²) in [5, 5.41) is 3.11. The molecule has 0 radical (unpaired) electrons. The van der Waals surface area contributed by atoms with Crippen LogP contribution in [0.5, 0.6) is 0 Å². The number of hydrogen-bond acceptors (Lipinski definition) is 2. The molecule has 1 saturated carbocycles. The first-order chi connectivity index (χ1) is 8.74. The van der Waals surface area contributed by atoms with E-state index in [9.17, 15) is 4.39 Å². The molecule has 1 aromatic carbocycles. The maximum absolute atomic E-state index is 13.8. The molecule has 0 atom stereocenters. The molecule has 1 N–H and O–H groups in total. The SMILES string of the molecule is CCCN(Cc1cc(CNC)ccc1F)C1CC1. The molecule has 0 amide bonds. The zero-order valence-corrected chi connectivity index (χ0v) is 11.4. The summed E-state index contributed by atoms with van der Waals surface area (Å²) in [5.74, 6) is -0.0726. The van der Waals surface area contributed by atoms with Gasteiger partial charge in [0, 0.05) is 24.7 Å². The zero-order chi connectivity index (χ0) is 13.0. The molecule has 0 unspecified atom stereocenters. The minimum absolute atomic E-state index is 0.0726. The van der Waals surface area contributed by atoms with Crippen LogP contribution in [0.1, 0.15) is 37.3 Å². The number of hydrogen-bond donors (Lipinski definition) is 1. The molecule has 1 aromatic rings. The van der Waals surface area contributed by atoms with Crippen LogP contribution in [0.25, 0.3) is 0 Å². The third-order valence-corrected chi connectivity index (χ3v) is 3.44. The number of nitrogens with zero attached hydrogens (tertiary/aromatic N) is 1. The normalized spacial score (nSPS) is 15.3. The van der Waals surface area contributed by atoms with Gasteiger partial charge in [0.25, 0.3) is 0 Å². The third-order valence-electron chi connectivity index (χ3n) is 3.44. The van der Waals surface area contributed by atoms with Gasteiger partial charge in [-0.2, -0.15) is 0 Å². The van der Waals surface area contributed by atoms with Crippen molar-refractivity contribution in [3.05, 3.63) is 35.1 Å². The Morgan fingerprint density at radius 1 is 1.39 bits per heavy atom. The van der Waals surface area contributed by atoms with Crippen LogP contribution in [0.15, 0.2) is 18.2 Å². The Morgan fingerprint density at radius 3 is 2.78 bits per heavy atom. The Balaban J connectivity index is 2.07. The highest BCUT2D eigenvalue weighted by Gasteiger charge is 2.28. The lowest BCUT2D eigenvalue weighted by Gasteiger charge is -2.21. The minimum atomic E-state index is -0.0726. The van der Waals surface area contributed by atoms with Crippen molar-refractivity contribution in [2.45, 2.75) is 45.3 Å². The van der Waals surface area contributed by atoms with Gasteiger partial charge in [-0.25, -0.2) is 4.39 Å². The maximum Gasteiger partial charge on any atom is 0.127 e. The average Bonchev–Trinajstić information content (AvgIpc) is 3.17. The van der Waals surface area contributed by atoms with Gasteiger partial charge in [-0.1, -0.05) is 19.1 Å². The van der Waals surface area contributed by atoms with E-state index in [4.69, 9.17) is 0 Å². The molecule has 0 saturated heterocycles. The van der Waals surface area contributed by atoms with Crippen LogP contribution in [0.2, 0.25) is 0 Å². The van der Waals surface area contributed by atoms with Gasteiger partial charge in [0.05, 0.1) is 0 Å². The zero-order valence-electron chi connectivity index (χ0n) is 11.4. The molecule has 0 bridgehead atoms. The topological polar surface area (TPSA) is 15.3 Å². The van der Waals surface area contributed by atoms with E-state index in [1.165, 1.54) is 12.8 Å². The van der Waals surface area contributed by atoms with Crippen molar-refractivity contribution in [3.8, 4) is 0 Å². The van der Waals surface area contributed by atoms with Crippen LogP contribution in [-0.2, 0) is 13.1 Å². The number of halogens is 1. The van der Waals surface area contributed by atoms with Crippen molar-refractivity contribution in [1.29, 1.82) is 0 Å². The Hall–Kier alpha value is -0.930. The Morgan fingerprint density at radius 2 is 2.17 bits per heavy atom. The third kappa shape index (κ3) is 3.53. The smallest absolute Gasteiger partial charge is 0.127 e. The number of benzene rings is 1. The second-order valence-corrected chi connectivity index (χ2v) is 5.16. The van der Waals surface area contributed by atoms with Crippen LogP contribution in [0.3, 0.4) is 0 Å². The second-order valence-electron chi connectivity index (χ2n) is 5.16. The van der Waals surface area contributed by atoms with Crippen LogP contribution in [0.4, 0.5) is 4.39 Å². The predicted molar refractivity (Wildman–Crippen MR) is 72.9 cm³/mol. The minimum Gasteiger partial charge on any atom is -0.316 e. The predicted octanol–water partition coefficient (Wildman–Crippen LogP) is 2.92. The van der Waals surface area contributed by atoms with Crippen molar-refractivity contribution < 1.29 is 4.39 Å². The van der Waals surface area contributed by atoms with Crippen molar-refractivity contribution in [2.75, 3.05) is 13.6 Å². The largest absolute Gasteiger partial charge is 0.316 e. The first-order valence-corrected chi connectivity index (χ1v) is 6.90. The summed E-state index contributed by atoms with van der Waals surface area (Å²) in [6, 6.07) is 6.14.